The van der Waals surface area contributed by atoms with Crippen LogP contribution in [0, 0.1) is 11.6 Å². The number of carbonyl (C=O) groups excluding carboxylic acids is 1. The van der Waals surface area contributed by atoms with E-state index in [2.05, 4.69) is 36.0 Å². The fourth-order valence-electron chi connectivity index (χ4n) is 3.99. The number of rotatable bonds is 8. The first kappa shape index (κ1) is 25.4. The van der Waals surface area contributed by atoms with Gasteiger partial charge in [-0.25, -0.2) is 13.8 Å². The SMILES string of the molecule is CCN(c1ccc(NC(=O)CSc2nc3ccccc3c(=O)n2-c2ccc(F)cc2F)cc1)C(C)C. The number of nitrogens with one attached hydrogen (secondary N) is 1. The van der Waals surface area contributed by atoms with Crippen LogP contribution in [0.2, 0.25) is 0 Å². The molecule has 0 bridgehead atoms. The number of amides is 1. The monoisotopic (exact) mass is 508 g/mol. The van der Waals surface area contributed by atoms with Crippen LogP contribution in [0.1, 0.15) is 20.8 Å². The van der Waals surface area contributed by atoms with Gasteiger partial charge in [-0.2, -0.15) is 0 Å². The Labute approximate surface area is 212 Å². The van der Waals surface area contributed by atoms with Crippen LogP contribution in [-0.4, -0.2) is 33.8 Å². The average Bonchev–Trinajstić information content (AvgIpc) is 2.85. The molecule has 0 saturated heterocycles. The predicted octanol–water partition coefficient (Wildman–Crippen LogP) is 5.63. The summed E-state index contributed by atoms with van der Waals surface area (Å²) in [4.78, 5) is 32.7. The van der Waals surface area contributed by atoms with Gasteiger partial charge in [0.2, 0.25) is 5.91 Å². The van der Waals surface area contributed by atoms with Gasteiger partial charge in [0.15, 0.2) is 5.16 Å². The van der Waals surface area contributed by atoms with Crippen molar-refractivity contribution in [3.63, 3.8) is 0 Å². The minimum absolute atomic E-state index is 0.0670. The molecule has 186 valence electrons. The molecule has 0 radical (unpaired) electrons. The number of aromatic nitrogens is 2. The summed E-state index contributed by atoms with van der Waals surface area (Å²) in [5, 5.41) is 3.26. The molecule has 0 unspecified atom stereocenters. The molecule has 4 rings (SSSR count). The van der Waals surface area contributed by atoms with E-state index in [4.69, 9.17) is 0 Å². The van der Waals surface area contributed by atoms with Crippen molar-refractivity contribution in [1.82, 2.24) is 9.55 Å². The third-order valence-corrected chi connectivity index (χ3v) is 6.61. The highest BCUT2D eigenvalue weighted by Crippen LogP contribution is 2.24. The molecule has 1 amide bonds. The Morgan fingerprint density at radius 1 is 1.08 bits per heavy atom. The lowest BCUT2D eigenvalue weighted by Gasteiger charge is -2.27. The molecular weight excluding hydrogens is 482 g/mol. The predicted molar refractivity (Wildman–Crippen MR) is 141 cm³/mol. The maximum absolute atomic E-state index is 14.6. The topological polar surface area (TPSA) is 67.2 Å². The van der Waals surface area contributed by atoms with Crippen LogP contribution in [0.5, 0.6) is 0 Å². The minimum Gasteiger partial charge on any atom is -0.369 e. The Hall–Kier alpha value is -3.72. The number of fused-ring (bicyclic) bond motifs is 1. The average molecular weight is 509 g/mol. The zero-order valence-electron chi connectivity index (χ0n) is 20.2. The highest BCUT2D eigenvalue weighted by atomic mass is 32.2. The van der Waals surface area contributed by atoms with Gasteiger partial charge in [0.1, 0.15) is 11.6 Å². The highest BCUT2D eigenvalue weighted by Gasteiger charge is 2.18. The summed E-state index contributed by atoms with van der Waals surface area (Å²) in [7, 11) is 0. The van der Waals surface area contributed by atoms with Gasteiger partial charge in [0.05, 0.1) is 22.3 Å². The lowest BCUT2D eigenvalue weighted by molar-refractivity contribution is -0.113. The summed E-state index contributed by atoms with van der Waals surface area (Å²) in [6, 6.07) is 17.6. The zero-order valence-corrected chi connectivity index (χ0v) is 21.0. The number of hydrogen-bond acceptors (Lipinski definition) is 5. The molecule has 1 N–H and O–H groups in total. The molecule has 0 aliphatic carbocycles. The van der Waals surface area contributed by atoms with Crippen LogP contribution in [0.25, 0.3) is 16.6 Å². The van der Waals surface area contributed by atoms with Crippen molar-refractivity contribution in [3.8, 4) is 5.69 Å². The smallest absolute Gasteiger partial charge is 0.266 e. The summed E-state index contributed by atoms with van der Waals surface area (Å²) >= 11 is 0.998. The van der Waals surface area contributed by atoms with Crippen molar-refractivity contribution in [2.24, 2.45) is 0 Å². The minimum atomic E-state index is -0.900. The normalized spacial score (nSPS) is 11.2. The number of benzene rings is 3. The molecule has 0 aliphatic rings. The van der Waals surface area contributed by atoms with Crippen molar-refractivity contribution in [2.45, 2.75) is 32.0 Å². The molecule has 0 saturated carbocycles. The van der Waals surface area contributed by atoms with E-state index in [1.54, 1.807) is 24.3 Å². The number of nitrogens with zero attached hydrogens (tertiary/aromatic N) is 3. The first-order chi connectivity index (χ1) is 17.3. The fourth-order valence-corrected chi connectivity index (χ4v) is 4.80. The zero-order chi connectivity index (χ0) is 25.8. The number of anilines is 2. The molecule has 0 fully saturated rings. The summed E-state index contributed by atoms with van der Waals surface area (Å²) in [5.74, 6) is -2.03. The molecule has 9 heteroatoms. The van der Waals surface area contributed by atoms with Gasteiger partial charge in [-0.1, -0.05) is 23.9 Å². The number of hydrogen-bond donors (Lipinski definition) is 1. The maximum atomic E-state index is 14.6. The van der Waals surface area contributed by atoms with Gasteiger partial charge in [-0.3, -0.25) is 14.2 Å². The standard InChI is InChI=1S/C27H26F2N4O2S/c1-4-32(17(2)3)20-12-10-19(11-13-20)30-25(34)16-36-27-31-23-8-6-5-7-21(23)26(35)33(27)24-14-9-18(28)15-22(24)29/h5-15,17H,4,16H2,1-3H3,(H,30,34). The molecular formula is C27H26F2N4O2S. The molecule has 0 spiro atoms. The van der Waals surface area contributed by atoms with Gasteiger partial charge >= 0.3 is 0 Å². The highest BCUT2D eigenvalue weighted by molar-refractivity contribution is 7.99. The van der Waals surface area contributed by atoms with Crippen LogP contribution < -0.4 is 15.8 Å². The summed E-state index contributed by atoms with van der Waals surface area (Å²) in [6.07, 6.45) is 0. The van der Waals surface area contributed by atoms with Crippen LogP contribution in [0.4, 0.5) is 20.2 Å². The second kappa shape index (κ2) is 10.9. The van der Waals surface area contributed by atoms with Crippen LogP contribution >= 0.6 is 11.8 Å². The van der Waals surface area contributed by atoms with E-state index in [1.165, 1.54) is 6.07 Å². The van der Waals surface area contributed by atoms with Crippen molar-refractivity contribution in [2.75, 3.05) is 22.5 Å². The van der Waals surface area contributed by atoms with Crippen LogP contribution in [-0.2, 0) is 4.79 Å². The van der Waals surface area contributed by atoms with E-state index >= 15 is 0 Å². The third kappa shape index (κ3) is 5.41. The molecule has 0 aliphatic heterocycles. The van der Waals surface area contributed by atoms with Gasteiger partial charge < -0.3 is 10.2 Å². The molecule has 36 heavy (non-hydrogen) atoms. The van der Waals surface area contributed by atoms with Crippen molar-refractivity contribution in [3.05, 3.63) is 88.7 Å². The quantitative estimate of drug-likeness (QED) is 0.247. The molecule has 3 aromatic carbocycles. The molecule has 4 aromatic rings. The second-order valence-electron chi connectivity index (χ2n) is 8.41. The molecule has 1 heterocycles. The van der Waals surface area contributed by atoms with Gasteiger partial charge in [-0.05, 0) is 69.3 Å². The van der Waals surface area contributed by atoms with Crippen molar-refractivity contribution >= 4 is 39.9 Å². The third-order valence-electron chi connectivity index (χ3n) is 5.67. The Morgan fingerprint density at radius 3 is 2.47 bits per heavy atom. The van der Waals surface area contributed by atoms with E-state index in [0.717, 1.165) is 34.6 Å². The first-order valence-corrected chi connectivity index (χ1v) is 12.5. The van der Waals surface area contributed by atoms with E-state index in [1.807, 2.05) is 24.3 Å². The molecule has 0 atom stereocenters. The summed E-state index contributed by atoms with van der Waals surface area (Å²) < 4.78 is 29.2. The number of para-hydroxylation sites is 1. The van der Waals surface area contributed by atoms with E-state index in [0.29, 0.717) is 23.3 Å². The van der Waals surface area contributed by atoms with Crippen LogP contribution in [0.15, 0.2) is 76.7 Å². The Morgan fingerprint density at radius 2 is 1.81 bits per heavy atom. The Balaban J connectivity index is 1.58. The summed E-state index contributed by atoms with van der Waals surface area (Å²) in [6.45, 7) is 7.20. The fraction of sp³-hybridized carbons (Fsp3) is 0.222. The number of thioether (sulfide) groups is 1. The first-order valence-electron chi connectivity index (χ1n) is 11.5. The molecule has 6 nitrogen and oxygen atoms in total. The lowest BCUT2D eigenvalue weighted by Crippen LogP contribution is -2.30. The van der Waals surface area contributed by atoms with E-state index < -0.39 is 17.2 Å². The molecule has 1 aromatic heterocycles. The van der Waals surface area contributed by atoms with Crippen molar-refractivity contribution < 1.29 is 13.6 Å². The lowest BCUT2D eigenvalue weighted by atomic mass is 10.2. The second-order valence-corrected chi connectivity index (χ2v) is 9.35. The van der Waals surface area contributed by atoms with E-state index in [-0.39, 0.29) is 27.9 Å². The Kier molecular flexibility index (Phi) is 7.69. The largest absolute Gasteiger partial charge is 0.369 e. The van der Waals surface area contributed by atoms with Gasteiger partial charge in [-0.15, -0.1) is 0 Å². The maximum Gasteiger partial charge on any atom is 0.266 e. The van der Waals surface area contributed by atoms with Crippen LogP contribution in [0.3, 0.4) is 0 Å². The van der Waals surface area contributed by atoms with E-state index in [9.17, 15) is 18.4 Å². The van der Waals surface area contributed by atoms with Crippen molar-refractivity contribution in [1.29, 1.82) is 0 Å². The Bertz CT molecular complexity index is 1450. The summed E-state index contributed by atoms with van der Waals surface area (Å²) in [5.41, 5.74) is 1.48. The van der Waals surface area contributed by atoms with Gasteiger partial charge in [0, 0.05) is 30.0 Å². The number of carbonyl (C=O) groups is 1. The van der Waals surface area contributed by atoms with Gasteiger partial charge in [0.25, 0.3) is 5.56 Å². The number of halogens is 2.